The predicted octanol–water partition coefficient (Wildman–Crippen LogP) is 3.37. The summed E-state index contributed by atoms with van der Waals surface area (Å²) in [6.07, 6.45) is -0.106. The van der Waals surface area contributed by atoms with E-state index < -0.39 is 11.6 Å². The maximum Gasteiger partial charge on any atom is 0.167 e. The minimum atomic E-state index is -0.688. The molecule has 2 nitrogen and oxygen atoms in total. The normalized spacial score (nSPS) is 15.8. The molecule has 0 unspecified atom stereocenters. The molecule has 2 aromatic rings. The molecule has 21 heavy (non-hydrogen) atoms. The van der Waals surface area contributed by atoms with Crippen molar-refractivity contribution in [2.75, 3.05) is 13.1 Å². The average Bonchev–Trinajstić information content (AvgIpc) is 2.41. The van der Waals surface area contributed by atoms with Gasteiger partial charge in [-0.2, -0.15) is 0 Å². The van der Waals surface area contributed by atoms with Crippen molar-refractivity contribution < 1.29 is 17.9 Å². The fourth-order valence-corrected chi connectivity index (χ4v) is 2.32. The molecule has 110 valence electrons. The maximum absolute atomic E-state index is 13.4. The Morgan fingerprint density at radius 2 is 1.62 bits per heavy atom. The van der Waals surface area contributed by atoms with Crippen LogP contribution in [0, 0.1) is 17.5 Å². The van der Waals surface area contributed by atoms with E-state index in [1.165, 1.54) is 24.3 Å². The molecule has 5 heteroatoms. The van der Waals surface area contributed by atoms with Gasteiger partial charge in [-0.25, -0.2) is 13.2 Å². The Balaban J connectivity index is 1.50. The summed E-state index contributed by atoms with van der Waals surface area (Å²) in [5.74, 6) is -1.49. The number of nitrogens with zero attached hydrogens (tertiary/aromatic N) is 1. The number of halogens is 3. The summed E-state index contributed by atoms with van der Waals surface area (Å²) in [4.78, 5) is 2.11. The van der Waals surface area contributed by atoms with Crippen molar-refractivity contribution in [1.29, 1.82) is 0 Å². The molecule has 3 rings (SSSR count). The van der Waals surface area contributed by atoms with Gasteiger partial charge in [0.1, 0.15) is 17.7 Å². The van der Waals surface area contributed by atoms with Gasteiger partial charge in [-0.1, -0.05) is 12.1 Å². The highest BCUT2D eigenvalue weighted by Crippen LogP contribution is 2.23. The van der Waals surface area contributed by atoms with Gasteiger partial charge in [-0.05, 0) is 29.8 Å². The Bertz CT molecular complexity index is 624. The Hall–Kier alpha value is -2.01. The molecule has 0 saturated carbocycles. The van der Waals surface area contributed by atoms with Crippen LogP contribution in [0.3, 0.4) is 0 Å². The topological polar surface area (TPSA) is 12.5 Å². The third kappa shape index (κ3) is 3.36. The average molecular weight is 293 g/mol. The number of benzene rings is 2. The molecule has 1 saturated heterocycles. The number of likely N-dealkylation sites (tertiary alicyclic amines) is 1. The molecule has 2 aromatic carbocycles. The standard InChI is InChI=1S/C16H14F3NO/c17-12-3-1-11(2-4-12)8-20-9-14(10-20)21-16-6-5-13(18)7-15(16)19/h1-7,14H,8-10H2. The van der Waals surface area contributed by atoms with Crippen molar-refractivity contribution in [2.45, 2.75) is 12.6 Å². The van der Waals surface area contributed by atoms with Gasteiger partial charge in [0.15, 0.2) is 11.6 Å². The number of rotatable bonds is 4. The molecule has 0 amide bonds. The quantitative estimate of drug-likeness (QED) is 0.857. The monoisotopic (exact) mass is 293 g/mol. The van der Waals surface area contributed by atoms with Crippen molar-refractivity contribution in [3.8, 4) is 5.75 Å². The molecular weight excluding hydrogens is 279 g/mol. The zero-order valence-electron chi connectivity index (χ0n) is 11.2. The van der Waals surface area contributed by atoms with Gasteiger partial charge in [-0.3, -0.25) is 4.90 Å². The van der Waals surface area contributed by atoms with Crippen molar-refractivity contribution >= 4 is 0 Å². The first-order chi connectivity index (χ1) is 10.1. The van der Waals surface area contributed by atoms with E-state index in [0.29, 0.717) is 19.6 Å². The van der Waals surface area contributed by atoms with Gasteiger partial charge >= 0.3 is 0 Å². The zero-order valence-corrected chi connectivity index (χ0v) is 11.2. The SMILES string of the molecule is Fc1ccc(CN2CC(Oc3ccc(F)cc3F)C2)cc1. The highest BCUT2D eigenvalue weighted by atomic mass is 19.1. The van der Waals surface area contributed by atoms with Crippen LogP contribution in [0.4, 0.5) is 13.2 Å². The van der Waals surface area contributed by atoms with Gasteiger partial charge in [0, 0.05) is 25.7 Å². The Labute approximate surface area is 120 Å². The minimum Gasteiger partial charge on any atom is -0.485 e. The summed E-state index contributed by atoms with van der Waals surface area (Å²) in [6, 6.07) is 9.62. The summed E-state index contributed by atoms with van der Waals surface area (Å²) >= 11 is 0. The Morgan fingerprint density at radius 3 is 2.29 bits per heavy atom. The first-order valence-electron chi connectivity index (χ1n) is 6.68. The van der Waals surface area contributed by atoms with E-state index in [-0.39, 0.29) is 17.7 Å². The lowest BCUT2D eigenvalue weighted by Gasteiger charge is -2.39. The fourth-order valence-electron chi connectivity index (χ4n) is 2.32. The fraction of sp³-hybridized carbons (Fsp3) is 0.250. The van der Waals surface area contributed by atoms with Crippen LogP contribution >= 0.6 is 0 Å². The van der Waals surface area contributed by atoms with Crippen LogP contribution in [-0.2, 0) is 6.54 Å². The second kappa shape index (κ2) is 5.77. The summed E-state index contributed by atoms with van der Waals surface area (Å²) in [7, 11) is 0. The largest absolute Gasteiger partial charge is 0.485 e. The van der Waals surface area contributed by atoms with Crippen molar-refractivity contribution in [2.24, 2.45) is 0 Å². The second-order valence-electron chi connectivity index (χ2n) is 5.14. The molecule has 0 bridgehead atoms. The second-order valence-corrected chi connectivity index (χ2v) is 5.14. The van der Waals surface area contributed by atoms with E-state index in [4.69, 9.17) is 4.74 Å². The van der Waals surface area contributed by atoms with E-state index in [9.17, 15) is 13.2 Å². The lowest BCUT2D eigenvalue weighted by Crippen LogP contribution is -2.53. The molecule has 0 spiro atoms. The third-order valence-corrected chi connectivity index (χ3v) is 3.43. The van der Waals surface area contributed by atoms with Crippen LogP contribution in [-0.4, -0.2) is 24.1 Å². The molecule has 1 heterocycles. The lowest BCUT2D eigenvalue weighted by molar-refractivity contribution is 0.0122. The van der Waals surface area contributed by atoms with Crippen LogP contribution in [0.2, 0.25) is 0 Å². The van der Waals surface area contributed by atoms with Crippen LogP contribution < -0.4 is 4.74 Å². The molecule has 0 aliphatic carbocycles. The Kier molecular flexibility index (Phi) is 3.84. The van der Waals surface area contributed by atoms with Gasteiger partial charge < -0.3 is 4.74 Å². The van der Waals surface area contributed by atoms with Crippen molar-refractivity contribution in [1.82, 2.24) is 4.90 Å². The summed E-state index contributed by atoms with van der Waals surface area (Å²) in [5, 5.41) is 0. The summed E-state index contributed by atoms with van der Waals surface area (Å²) in [6.45, 7) is 2.02. The van der Waals surface area contributed by atoms with Crippen LogP contribution in [0.1, 0.15) is 5.56 Å². The third-order valence-electron chi connectivity index (χ3n) is 3.43. The summed E-state index contributed by atoms with van der Waals surface area (Å²) in [5.41, 5.74) is 1.02. The molecule has 1 aliphatic rings. The summed E-state index contributed by atoms with van der Waals surface area (Å²) < 4.78 is 44.5. The predicted molar refractivity (Wildman–Crippen MR) is 72.5 cm³/mol. The lowest BCUT2D eigenvalue weighted by atomic mass is 10.1. The minimum absolute atomic E-state index is 0.0721. The Morgan fingerprint density at radius 1 is 0.952 bits per heavy atom. The maximum atomic E-state index is 13.4. The van der Waals surface area contributed by atoms with Crippen LogP contribution in [0.25, 0.3) is 0 Å². The van der Waals surface area contributed by atoms with E-state index in [1.807, 2.05) is 0 Å². The molecule has 1 fully saturated rings. The molecule has 0 N–H and O–H groups in total. The van der Waals surface area contributed by atoms with E-state index in [0.717, 1.165) is 11.6 Å². The highest BCUT2D eigenvalue weighted by Gasteiger charge is 2.29. The molecule has 0 radical (unpaired) electrons. The van der Waals surface area contributed by atoms with Gasteiger partial charge in [0.05, 0.1) is 0 Å². The molecule has 0 aromatic heterocycles. The van der Waals surface area contributed by atoms with Crippen LogP contribution in [0.15, 0.2) is 42.5 Å². The molecule has 0 atom stereocenters. The molecular formula is C16H14F3NO. The van der Waals surface area contributed by atoms with Gasteiger partial charge in [-0.15, -0.1) is 0 Å². The number of hydrogen-bond donors (Lipinski definition) is 0. The molecule has 1 aliphatic heterocycles. The first kappa shape index (κ1) is 13.9. The van der Waals surface area contributed by atoms with Crippen molar-refractivity contribution in [3.63, 3.8) is 0 Å². The van der Waals surface area contributed by atoms with E-state index >= 15 is 0 Å². The van der Waals surface area contributed by atoms with E-state index in [2.05, 4.69) is 4.90 Å². The van der Waals surface area contributed by atoms with E-state index in [1.54, 1.807) is 12.1 Å². The number of ether oxygens (including phenoxy) is 1. The zero-order chi connectivity index (χ0) is 14.8. The smallest absolute Gasteiger partial charge is 0.167 e. The number of hydrogen-bond acceptors (Lipinski definition) is 2. The first-order valence-corrected chi connectivity index (χ1v) is 6.68. The van der Waals surface area contributed by atoms with Crippen molar-refractivity contribution in [3.05, 3.63) is 65.5 Å². The highest BCUT2D eigenvalue weighted by molar-refractivity contribution is 5.25. The van der Waals surface area contributed by atoms with Gasteiger partial charge in [0.2, 0.25) is 0 Å². The van der Waals surface area contributed by atoms with Crippen LogP contribution in [0.5, 0.6) is 5.75 Å². The van der Waals surface area contributed by atoms with Gasteiger partial charge in [0.25, 0.3) is 0 Å².